The summed E-state index contributed by atoms with van der Waals surface area (Å²) in [5, 5.41) is 0. The van der Waals surface area contributed by atoms with Crippen LogP contribution < -0.4 is 0 Å². The van der Waals surface area contributed by atoms with Crippen LogP contribution in [0.3, 0.4) is 0 Å². The number of esters is 1. The van der Waals surface area contributed by atoms with E-state index in [1.165, 1.54) is 7.11 Å². The third kappa shape index (κ3) is 2.91. The Bertz CT molecular complexity index is 192. The molecule has 1 aliphatic rings. The smallest absolute Gasteiger partial charge is 0.305 e. The Morgan fingerprint density at radius 3 is 2.67 bits per heavy atom. The Balaban J connectivity index is 2.06. The molecule has 0 aromatic carbocycles. The van der Waals surface area contributed by atoms with Crippen molar-refractivity contribution >= 4 is 5.97 Å². The number of carbonyl (C=O) groups excluding carboxylic acids is 1. The van der Waals surface area contributed by atoms with Crippen molar-refractivity contribution in [2.24, 2.45) is 5.92 Å². The molecular weight excluding hydrogens is 152 g/mol. The fourth-order valence-electron chi connectivity index (χ4n) is 1.25. The average molecular weight is 166 g/mol. The third-order valence-corrected chi connectivity index (χ3v) is 1.97. The van der Waals surface area contributed by atoms with Gasteiger partial charge in [-0.1, -0.05) is 24.3 Å². The van der Waals surface area contributed by atoms with Gasteiger partial charge in [0.15, 0.2) is 0 Å². The minimum Gasteiger partial charge on any atom is -0.469 e. The molecule has 1 rings (SSSR count). The Labute approximate surface area is 72.9 Å². The van der Waals surface area contributed by atoms with Gasteiger partial charge in [-0.05, 0) is 18.8 Å². The summed E-state index contributed by atoms with van der Waals surface area (Å²) < 4.78 is 4.54. The molecule has 12 heavy (non-hydrogen) atoms. The van der Waals surface area contributed by atoms with Gasteiger partial charge in [0.2, 0.25) is 0 Å². The molecule has 0 aliphatic heterocycles. The zero-order valence-electron chi connectivity index (χ0n) is 7.32. The Hall–Kier alpha value is -1.05. The molecular formula is C10H14O2. The molecule has 0 atom stereocenters. The largest absolute Gasteiger partial charge is 0.469 e. The molecule has 2 nitrogen and oxygen atoms in total. The van der Waals surface area contributed by atoms with Crippen LogP contribution in [-0.4, -0.2) is 13.1 Å². The van der Waals surface area contributed by atoms with Crippen LogP contribution in [0.25, 0.3) is 0 Å². The summed E-state index contributed by atoms with van der Waals surface area (Å²) in [6.07, 6.45) is 10.9. The molecule has 2 heteroatoms. The first kappa shape index (κ1) is 9.04. The van der Waals surface area contributed by atoms with Crippen LogP contribution in [0.4, 0.5) is 0 Å². The first-order chi connectivity index (χ1) is 5.83. The van der Waals surface area contributed by atoms with Crippen LogP contribution in [0.2, 0.25) is 0 Å². The standard InChI is InChI=1S/C10H14O2/c1-12-10(11)8-4-7-9-5-2-3-6-9/h2-3,5-6,9H,4,7-8H2,1H3. The molecule has 1 aliphatic carbocycles. The fraction of sp³-hybridized carbons (Fsp3) is 0.500. The van der Waals surface area contributed by atoms with E-state index in [-0.39, 0.29) is 5.97 Å². The van der Waals surface area contributed by atoms with Crippen LogP contribution in [0, 0.1) is 5.92 Å². The maximum absolute atomic E-state index is 10.7. The van der Waals surface area contributed by atoms with Crippen LogP contribution in [0.5, 0.6) is 0 Å². The zero-order chi connectivity index (χ0) is 8.81. The first-order valence-corrected chi connectivity index (χ1v) is 4.24. The Morgan fingerprint density at radius 2 is 2.08 bits per heavy atom. The maximum Gasteiger partial charge on any atom is 0.305 e. The lowest BCUT2D eigenvalue weighted by molar-refractivity contribution is -0.140. The lowest BCUT2D eigenvalue weighted by Gasteiger charge is -2.03. The van der Waals surface area contributed by atoms with Gasteiger partial charge < -0.3 is 4.74 Å². The predicted octanol–water partition coefficient (Wildman–Crippen LogP) is 2.07. The molecule has 0 saturated heterocycles. The molecule has 66 valence electrons. The molecule has 0 radical (unpaired) electrons. The van der Waals surface area contributed by atoms with E-state index in [0.29, 0.717) is 12.3 Å². The topological polar surface area (TPSA) is 26.3 Å². The molecule has 0 N–H and O–H groups in total. The van der Waals surface area contributed by atoms with Crippen LogP contribution in [0.15, 0.2) is 24.3 Å². The molecule has 0 aromatic rings. The van der Waals surface area contributed by atoms with Gasteiger partial charge in [0.05, 0.1) is 7.11 Å². The number of hydrogen-bond acceptors (Lipinski definition) is 2. The predicted molar refractivity (Wildman–Crippen MR) is 47.6 cm³/mol. The van der Waals surface area contributed by atoms with Gasteiger partial charge in [-0.3, -0.25) is 4.79 Å². The van der Waals surface area contributed by atoms with E-state index in [9.17, 15) is 4.79 Å². The van der Waals surface area contributed by atoms with Crippen LogP contribution in [-0.2, 0) is 9.53 Å². The van der Waals surface area contributed by atoms with E-state index in [4.69, 9.17) is 0 Å². The summed E-state index contributed by atoms with van der Waals surface area (Å²) >= 11 is 0. The van der Waals surface area contributed by atoms with E-state index in [1.807, 2.05) is 12.2 Å². The van der Waals surface area contributed by atoms with Gasteiger partial charge >= 0.3 is 5.97 Å². The van der Waals surface area contributed by atoms with Gasteiger partial charge in [0, 0.05) is 6.42 Å². The second-order valence-electron chi connectivity index (χ2n) is 2.90. The van der Waals surface area contributed by atoms with E-state index in [1.54, 1.807) is 0 Å². The number of hydrogen-bond donors (Lipinski definition) is 0. The van der Waals surface area contributed by atoms with Gasteiger partial charge in [0.25, 0.3) is 0 Å². The number of allylic oxidation sites excluding steroid dienone is 4. The molecule has 0 amide bonds. The van der Waals surface area contributed by atoms with E-state index in [2.05, 4.69) is 16.9 Å². The molecule has 0 fully saturated rings. The molecule has 0 aromatic heterocycles. The number of ether oxygens (including phenoxy) is 1. The Kier molecular flexibility index (Phi) is 3.58. The second kappa shape index (κ2) is 4.75. The molecule has 0 heterocycles. The van der Waals surface area contributed by atoms with Crippen molar-refractivity contribution in [3.05, 3.63) is 24.3 Å². The maximum atomic E-state index is 10.7. The highest BCUT2D eigenvalue weighted by Crippen LogP contribution is 2.16. The zero-order valence-corrected chi connectivity index (χ0v) is 7.32. The minimum atomic E-state index is -0.110. The SMILES string of the molecule is COC(=O)CCCC1C=CC=C1. The first-order valence-electron chi connectivity index (χ1n) is 4.24. The molecule has 0 saturated carbocycles. The van der Waals surface area contributed by atoms with Crippen molar-refractivity contribution in [1.82, 2.24) is 0 Å². The molecule has 0 unspecified atom stereocenters. The Morgan fingerprint density at radius 1 is 1.42 bits per heavy atom. The second-order valence-corrected chi connectivity index (χ2v) is 2.90. The average Bonchev–Trinajstić information content (AvgIpc) is 2.57. The van der Waals surface area contributed by atoms with E-state index < -0.39 is 0 Å². The van der Waals surface area contributed by atoms with Crippen molar-refractivity contribution in [3.63, 3.8) is 0 Å². The molecule has 0 bridgehead atoms. The summed E-state index contributed by atoms with van der Waals surface area (Å²) in [6, 6.07) is 0. The lowest BCUT2D eigenvalue weighted by atomic mass is 10.0. The lowest BCUT2D eigenvalue weighted by Crippen LogP contribution is -2.00. The van der Waals surface area contributed by atoms with Gasteiger partial charge in [-0.25, -0.2) is 0 Å². The normalized spacial score (nSPS) is 15.4. The number of carbonyl (C=O) groups is 1. The number of rotatable bonds is 4. The highest BCUT2D eigenvalue weighted by Gasteiger charge is 2.05. The van der Waals surface area contributed by atoms with Gasteiger partial charge in [-0.2, -0.15) is 0 Å². The third-order valence-electron chi connectivity index (χ3n) is 1.97. The van der Waals surface area contributed by atoms with Gasteiger partial charge in [-0.15, -0.1) is 0 Å². The summed E-state index contributed by atoms with van der Waals surface area (Å²) in [4.78, 5) is 10.7. The number of methoxy groups -OCH3 is 1. The minimum absolute atomic E-state index is 0.110. The monoisotopic (exact) mass is 166 g/mol. The van der Waals surface area contributed by atoms with Crippen molar-refractivity contribution in [2.75, 3.05) is 7.11 Å². The molecule has 0 spiro atoms. The van der Waals surface area contributed by atoms with Crippen molar-refractivity contribution < 1.29 is 9.53 Å². The fourth-order valence-corrected chi connectivity index (χ4v) is 1.25. The van der Waals surface area contributed by atoms with Crippen molar-refractivity contribution in [2.45, 2.75) is 19.3 Å². The van der Waals surface area contributed by atoms with Crippen LogP contribution in [0.1, 0.15) is 19.3 Å². The summed E-state index contributed by atoms with van der Waals surface area (Å²) in [7, 11) is 1.43. The highest BCUT2D eigenvalue weighted by molar-refractivity contribution is 5.68. The van der Waals surface area contributed by atoms with Crippen LogP contribution >= 0.6 is 0 Å². The van der Waals surface area contributed by atoms with E-state index >= 15 is 0 Å². The highest BCUT2D eigenvalue weighted by atomic mass is 16.5. The quantitative estimate of drug-likeness (QED) is 0.597. The summed E-state index contributed by atoms with van der Waals surface area (Å²) in [6.45, 7) is 0. The summed E-state index contributed by atoms with van der Waals surface area (Å²) in [5.74, 6) is 0.426. The van der Waals surface area contributed by atoms with Crippen molar-refractivity contribution in [3.8, 4) is 0 Å². The van der Waals surface area contributed by atoms with Gasteiger partial charge in [0.1, 0.15) is 0 Å². The van der Waals surface area contributed by atoms with E-state index in [0.717, 1.165) is 12.8 Å². The summed E-state index contributed by atoms with van der Waals surface area (Å²) in [5.41, 5.74) is 0. The van der Waals surface area contributed by atoms with Crippen molar-refractivity contribution in [1.29, 1.82) is 0 Å².